The van der Waals surface area contributed by atoms with Crippen LogP contribution in [-0.4, -0.2) is 19.9 Å². The third-order valence-corrected chi connectivity index (χ3v) is 3.00. The molecule has 2 heteroatoms. The molecule has 1 aliphatic heterocycles. The Kier molecular flexibility index (Phi) is 1.90. The van der Waals surface area contributed by atoms with Crippen molar-refractivity contribution in [3.63, 3.8) is 0 Å². The van der Waals surface area contributed by atoms with Crippen molar-refractivity contribution in [3.8, 4) is 0 Å². The van der Waals surface area contributed by atoms with Crippen LogP contribution in [0.4, 0.5) is 0 Å². The summed E-state index contributed by atoms with van der Waals surface area (Å²) in [6.07, 6.45) is 2.50. The SMILES string of the molecule is COC1=CP(C)CC1. The van der Waals surface area contributed by atoms with E-state index < -0.39 is 0 Å². The molecule has 1 nitrogen and oxygen atoms in total. The monoisotopic (exact) mass is 130 g/mol. The van der Waals surface area contributed by atoms with Crippen molar-refractivity contribution < 1.29 is 4.74 Å². The summed E-state index contributed by atoms with van der Waals surface area (Å²) >= 11 is 0. The minimum absolute atomic E-state index is 0.203. The van der Waals surface area contributed by atoms with Gasteiger partial charge in [-0.2, -0.15) is 0 Å². The van der Waals surface area contributed by atoms with E-state index in [1.807, 2.05) is 0 Å². The molecule has 0 bridgehead atoms. The van der Waals surface area contributed by atoms with Crippen LogP contribution in [0, 0.1) is 0 Å². The van der Waals surface area contributed by atoms with Gasteiger partial charge in [0.2, 0.25) is 0 Å². The molecule has 0 aromatic heterocycles. The van der Waals surface area contributed by atoms with Gasteiger partial charge in [0.15, 0.2) is 0 Å². The average Bonchev–Trinajstić information content (AvgIpc) is 2.14. The summed E-state index contributed by atoms with van der Waals surface area (Å²) in [5, 5.41) is 0. The van der Waals surface area contributed by atoms with Crippen LogP contribution in [0.25, 0.3) is 0 Å². The summed E-state index contributed by atoms with van der Waals surface area (Å²) in [5.41, 5.74) is 0. The van der Waals surface area contributed by atoms with Crippen molar-refractivity contribution >= 4 is 7.92 Å². The maximum Gasteiger partial charge on any atom is 0.0963 e. The first-order valence-corrected chi connectivity index (χ1v) is 4.82. The fraction of sp³-hybridized carbons (Fsp3) is 0.667. The highest BCUT2D eigenvalue weighted by Gasteiger charge is 2.09. The van der Waals surface area contributed by atoms with E-state index in [-0.39, 0.29) is 7.92 Å². The zero-order valence-corrected chi connectivity index (χ0v) is 6.24. The topological polar surface area (TPSA) is 9.23 Å². The lowest BCUT2D eigenvalue weighted by atomic mass is 10.4. The molecule has 0 spiro atoms. The number of allylic oxidation sites excluding steroid dienone is 1. The van der Waals surface area contributed by atoms with Crippen molar-refractivity contribution in [3.05, 3.63) is 11.6 Å². The van der Waals surface area contributed by atoms with Gasteiger partial charge < -0.3 is 4.74 Å². The minimum Gasteiger partial charge on any atom is -0.501 e. The average molecular weight is 130 g/mol. The Balaban J connectivity index is 2.44. The molecule has 0 saturated carbocycles. The van der Waals surface area contributed by atoms with Gasteiger partial charge in [-0.1, -0.05) is 7.92 Å². The molecule has 0 fully saturated rings. The van der Waals surface area contributed by atoms with Gasteiger partial charge in [0, 0.05) is 6.42 Å². The molecule has 0 aromatic carbocycles. The molecular formula is C6H11OP. The molecule has 0 amide bonds. The van der Waals surface area contributed by atoms with Crippen molar-refractivity contribution in [1.29, 1.82) is 0 Å². The smallest absolute Gasteiger partial charge is 0.0963 e. The van der Waals surface area contributed by atoms with E-state index in [0.29, 0.717) is 0 Å². The highest BCUT2D eigenvalue weighted by molar-refractivity contribution is 7.60. The maximum absolute atomic E-state index is 5.06. The molecule has 1 aliphatic rings. The summed E-state index contributed by atoms with van der Waals surface area (Å²) in [4.78, 5) is 0. The highest BCUT2D eigenvalue weighted by atomic mass is 31.1. The fourth-order valence-corrected chi connectivity index (χ4v) is 2.24. The molecule has 46 valence electrons. The first-order chi connectivity index (χ1) is 3.83. The van der Waals surface area contributed by atoms with Crippen molar-refractivity contribution in [2.24, 2.45) is 0 Å². The van der Waals surface area contributed by atoms with E-state index in [0.717, 1.165) is 0 Å². The van der Waals surface area contributed by atoms with Crippen molar-refractivity contribution in [2.75, 3.05) is 19.9 Å². The third-order valence-electron chi connectivity index (χ3n) is 1.34. The predicted molar refractivity (Wildman–Crippen MR) is 37.4 cm³/mol. The van der Waals surface area contributed by atoms with Gasteiger partial charge >= 0.3 is 0 Å². The highest BCUT2D eigenvalue weighted by Crippen LogP contribution is 2.41. The van der Waals surface area contributed by atoms with Crippen LogP contribution in [0.1, 0.15) is 6.42 Å². The molecule has 1 atom stereocenters. The first kappa shape index (κ1) is 6.10. The Morgan fingerprint density at radius 3 is 2.75 bits per heavy atom. The third kappa shape index (κ3) is 1.23. The van der Waals surface area contributed by atoms with Gasteiger partial charge in [0.05, 0.1) is 12.9 Å². The Hall–Kier alpha value is -0.0300. The second-order valence-corrected chi connectivity index (χ2v) is 4.25. The van der Waals surface area contributed by atoms with E-state index in [9.17, 15) is 0 Å². The molecule has 1 heterocycles. The molecule has 0 aromatic rings. The van der Waals surface area contributed by atoms with Gasteiger partial charge in [-0.25, -0.2) is 0 Å². The van der Waals surface area contributed by atoms with E-state index in [2.05, 4.69) is 12.5 Å². The summed E-state index contributed by atoms with van der Waals surface area (Å²) in [6, 6.07) is 0. The number of rotatable bonds is 1. The van der Waals surface area contributed by atoms with Crippen LogP contribution in [0.5, 0.6) is 0 Å². The van der Waals surface area contributed by atoms with Crippen LogP contribution in [0.3, 0.4) is 0 Å². The minimum atomic E-state index is 0.203. The number of hydrogen-bond acceptors (Lipinski definition) is 1. The van der Waals surface area contributed by atoms with E-state index in [4.69, 9.17) is 4.74 Å². The van der Waals surface area contributed by atoms with Gasteiger partial charge in [0.25, 0.3) is 0 Å². The Labute approximate surface area is 51.5 Å². The Morgan fingerprint density at radius 1 is 1.75 bits per heavy atom. The van der Waals surface area contributed by atoms with Gasteiger partial charge in [-0.3, -0.25) is 0 Å². The zero-order valence-electron chi connectivity index (χ0n) is 5.35. The molecule has 1 rings (SSSR count). The largest absolute Gasteiger partial charge is 0.501 e. The van der Waals surface area contributed by atoms with Gasteiger partial charge in [-0.05, 0) is 18.6 Å². The number of ether oxygens (including phenoxy) is 1. The molecular weight excluding hydrogens is 119 g/mol. The van der Waals surface area contributed by atoms with Crippen LogP contribution >= 0.6 is 7.92 Å². The molecule has 0 radical (unpaired) electrons. The molecule has 1 unspecified atom stereocenters. The van der Waals surface area contributed by atoms with Crippen molar-refractivity contribution in [1.82, 2.24) is 0 Å². The first-order valence-electron chi connectivity index (χ1n) is 2.78. The lowest BCUT2D eigenvalue weighted by Crippen LogP contribution is -1.80. The normalized spacial score (nSPS) is 27.8. The van der Waals surface area contributed by atoms with Gasteiger partial charge in [-0.15, -0.1) is 0 Å². The quantitative estimate of drug-likeness (QED) is 0.493. The van der Waals surface area contributed by atoms with E-state index >= 15 is 0 Å². The number of methoxy groups -OCH3 is 1. The summed E-state index contributed by atoms with van der Waals surface area (Å²) < 4.78 is 5.06. The zero-order chi connectivity index (χ0) is 5.98. The van der Waals surface area contributed by atoms with Crippen LogP contribution in [-0.2, 0) is 4.74 Å². The molecule has 0 aliphatic carbocycles. The predicted octanol–water partition coefficient (Wildman–Crippen LogP) is 1.99. The van der Waals surface area contributed by atoms with Crippen LogP contribution in [0.2, 0.25) is 0 Å². The Morgan fingerprint density at radius 2 is 2.50 bits per heavy atom. The molecule has 8 heavy (non-hydrogen) atoms. The summed E-state index contributed by atoms with van der Waals surface area (Å²) in [7, 11) is 1.95. The maximum atomic E-state index is 5.06. The summed E-state index contributed by atoms with van der Waals surface area (Å²) in [5.74, 6) is 3.45. The molecule has 0 N–H and O–H groups in total. The van der Waals surface area contributed by atoms with E-state index in [1.165, 1.54) is 18.3 Å². The Bertz CT molecular complexity index is 109. The fourth-order valence-electron chi connectivity index (χ4n) is 0.816. The van der Waals surface area contributed by atoms with Crippen molar-refractivity contribution in [2.45, 2.75) is 6.42 Å². The standard InChI is InChI=1S/C6H11OP/c1-7-6-3-4-8(2)5-6/h5H,3-4H2,1-2H3. The van der Waals surface area contributed by atoms with E-state index in [1.54, 1.807) is 7.11 Å². The molecule has 0 saturated heterocycles. The summed E-state index contributed by atoms with van der Waals surface area (Å²) in [6.45, 7) is 2.28. The lowest BCUT2D eigenvalue weighted by Gasteiger charge is -1.93. The lowest BCUT2D eigenvalue weighted by molar-refractivity contribution is 0.284. The second-order valence-electron chi connectivity index (χ2n) is 2.03. The van der Waals surface area contributed by atoms with Crippen LogP contribution in [0.15, 0.2) is 11.6 Å². The van der Waals surface area contributed by atoms with Crippen LogP contribution < -0.4 is 0 Å². The second kappa shape index (κ2) is 2.50. The number of hydrogen-bond donors (Lipinski definition) is 0. The van der Waals surface area contributed by atoms with Gasteiger partial charge in [0.1, 0.15) is 0 Å².